The maximum atomic E-state index is 12.0. The minimum absolute atomic E-state index is 0.0432. The van der Waals surface area contributed by atoms with Crippen molar-refractivity contribution in [2.75, 3.05) is 5.32 Å². The van der Waals surface area contributed by atoms with Crippen LogP contribution in [0.5, 0.6) is 5.75 Å². The third-order valence-corrected chi connectivity index (χ3v) is 2.97. The van der Waals surface area contributed by atoms with E-state index in [4.69, 9.17) is 0 Å². The molecule has 0 radical (unpaired) electrons. The van der Waals surface area contributed by atoms with Crippen molar-refractivity contribution in [2.45, 2.75) is 6.61 Å². The highest BCUT2D eigenvalue weighted by Crippen LogP contribution is 2.18. The molecule has 1 N–H and O–H groups in total. The van der Waals surface area contributed by atoms with Crippen molar-refractivity contribution in [1.82, 2.24) is 0 Å². The van der Waals surface area contributed by atoms with Gasteiger partial charge in [0.15, 0.2) is 0 Å². The van der Waals surface area contributed by atoms with Crippen molar-refractivity contribution in [3.05, 3.63) is 58.6 Å². The molecule has 0 atom stereocenters. The highest BCUT2D eigenvalue weighted by atomic mass is 79.9. The number of benzene rings is 2. The van der Waals surface area contributed by atoms with Gasteiger partial charge in [-0.15, -0.1) is 0 Å². The third-order valence-electron chi connectivity index (χ3n) is 2.44. The van der Waals surface area contributed by atoms with Gasteiger partial charge in [0.25, 0.3) is 5.91 Å². The van der Waals surface area contributed by atoms with Crippen LogP contribution in [0.15, 0.2) is 53.0 Å². The van der Waals surface area contributed by atoms with Crippen molar-refractivity contribution in [2.24, 2.45) is 0 Å². The summed E-state index contributed by atoms with van der Waals surface area (Å²) in [5, 5.41) is 2.66. The van der Waals surface area contributed by atoms with Crippen LogP contribution in [0.25, 0.3) is 0 Å². The number of anilines is 1. The van der Waals surface area contributed by atoms with Crippen molar-refractivity contribution in [3.8, 4) is 5.75 Å². The van der Waals surface area contributed by atoms with Gasteiger partial charge in [0.05, 0.1) is 0 Å². The minimum atomic E-state index is -2.86. The molecule has 0 bridgehead atoms. The van der Waals surface area contributed by atoms with E-state index in [0.717, 1.165) is 4.47 Å². The van der Waals surface area contributed by atoms with Crippen LogP contribution in [0, 0.1) is 0 Å². The molecule has 0 aliphatic carbocycles. The molecule has 104 valence electrons. The van der Waals surface area contributed by atoms with Crippen LogP contribution in [0.3, 0.4) is 0 Å². The average Bonchev–Trinajstić information content (AvgIpc) is 2.41. The zero-order chi connectivity index (χ0) is 14.5. The second-order valence-corrected chi connectivity index (χ2v) is 4.78. The Labute approximate surface area is 122 Å². The molecule has 0 heterocycles. The van der Waals surface area contributed by atoms with Crippen LogP contribution in [0.4, 0.5) is 14.5 Å². The summed E-state index contributed by atoms with van der Waals surface area (Å²) in [6, 6.07) is 12.6. The van der Waals surface area contributed by atoms with Crippen LogP contribution < -0.4 is 10.1 Å². The summed E-state index contributed by atoms with van der Waals surface area (Å²) in [7, 11) is 0. The maximum absolute atomic E-state index is 12.0. The Morgan fingerprint density at radius 1 is 1.05 bits per heavy atom. The summed E-state index contributed by atoms with van der Waals surface area (Å²) in [6.07, 6.45) is 0. The van der Waals surface area contributed by atoms with Crippen LogP contribution in [-0.2, 0) is 0 Å². The Hall–Kier alpha value is -1.95. The Morgan fingerprint density at radius 3 is 2.20 bits per heavy atom. The number of halogens is 3. The lowest BCUT2D eigenvalue weighted by Gasteiger charge is -2.07. The third kappa shape index (κ3) is 4.03. The van der Waals surface area contributed by atoms with Crippen LogP contribution >= 0.6 is 15.9 Å². The van der Waals surface area contributed by atoms with Crippen molar-refractivity contribution >= 4 is 27.5 Å². The molecule has 3 nitrogen and oxygen atoms in total. The molecule has 0 aliphatic heterocycles. The fourth-order valence-corrected chi connectivity index (χ4v) is 1.79. The predicted molar refractivity (Wildman–Crippen MR) is 75.2 cm³/mol. The number of carbonyl (C=O) groups excluding carboxylic acids is 1. The van der Waals surface area contributed by atoms with E-state index in [1.807, 2.05) is 0 Å². The van der Waals surface area contributed by atoms with Gasteiger partial charge in [-0.25, -0.2) is 0 Å². The number of ether oxygens (including phenoxy) is 1. The zero-order valence-electron chi connectivity index (χ0n) is 10.1. The number of hydrogen-bond acceptors (Lipinski definition) is 2. The summed E-state index contributed by atoms with van der Waals surface area (Å²) in [4.78, 5) is 11.9. The fourth-order valence-electron chi connectivity index (χ4n) is 1.52. The maximum Gasteiger partial charge on any atom is 0.387 e. The molecule has 2 aromatic rings. The van der Waals surface area contributed by atoms with Crippen LogP contribution in [0.1, 0.15) is 10.4 Å². The number of alkyl halides is 2. The monoisotopic (exact) mass is 341 g/mol. The average molecular weight is 342 g/mol. The molecule has 0 unspecified atom stereocenters. The van der Waals surface area contributed by atoms with E-state index in [9.17, 15) is 13.6 Å². The molecule has 2 aromatic carbocycles. The van der Waals surface area contributed by atoms with Gasteiger partial charge in [0.2, 0.25) is 0 Å². The lowest BCUT2D eigenvalue weighted by atomic mass is 10.2. The SMILES string of the molecule is O=C(Nc1ccc(OC(F)F)cc1)c1ccc(Br)cc1. The van der Waals surface area contributed by atoms with E-state index in [2.05, 4.69) is 26.0 Å². The summed E-state index contributed by atoms with van der Waals surface area (Å²) < 4.78 is 29.1. The normalized spacial score (nSPS) is 10.4. The summed E-state index contributed by atoms with van der Waals surface area (Å²) in [6.45, 7) is -2.86. The molecule has 0 aliphatic rings. The van der Waals surface area contributed by atoms with Gasteiger partial charge in [0.1, 0.15) is 5.75 Å². The number of carbonyl (C=O) groups is 1. The zero-order valence-corrected chi connectivity index (χ0v) is 11.7. The fraction of sp³-hybridized carbons (Fsp3) is 0.0714. The van der Waals surface area contributed by atoms with Crippen LogP contribution in [-0.4, -0.2) is 12.5 Å². The predicted octanol–water partition coefficient (Wildman–Crippen LogP) is 4.30. The molecule has 0 saturated heterocycles. The Morgan fingerprint density at radius 2 is 1.65 bits per heavy atom. The van der Waals surface area contributed by atoms with Gasteiger partial charge in [-0.3, -0.25) is 4.79 Å². The molecular formula is C14H10BrF2NO2. The topological polar surface area (TPSA) is 38.3 Å². The molecule has 0 spiro atoms. The number of amides is 1. The van der Waals surface area contributed by atoms with Gasteiger partial charge >= 0.3 is 6.61 Å². The molecule has 0 aromatic heterocycles. The Balaban J connectivity index is 2.02. The number of rotatable bonds is 4. The first-order valence-electron chi connectivity index (χ1n) is 5.66. The van der Waals surface area contributed by atoms with E-state index in [1.54, 1.807) is 24.3 Å². The first-order valence-corrected chi connectivity index (χ1v) is 6.46. The Kier molecular flexibility index (Phi) is 4.68. The minimum Gasteiger partial charge on any atom is -0.435 e. The molecule has 6 heteroatoms. The molecular weight excluding hydrogens is 332 g/mol. The van der Waals surface area contributed by atoms with E-state index in [0.29, 0.717) is 11.3 Å². The lowest BCUT2D eigenvalue weighted by Crippen LogP contribution is -2.11. The van der Waals surface area contributed by atoms with Gasteiger partial charge in [0, 0.05) is 15.7 Å². The molecule has 1 amide bonds. The summed E-state index contributed by atoms with van der Waals surface area (Å²) in [5.74, 6) is -0.235. The smallest absolute Gasteiger partial charge is 0.387 e. The van der Waals surface area contributed by atoms with E-state index >= 15 is 0 Å². The largest absolute Gasteiger partial charge is 0.435 e. The molecule has 20 heavy (non-hydrogen) atoms. The van der Waals surface area contributed by atoms with Crippen molar-refractivity contribution in [3.63, 3.8) is 0 Å². The van der Waals surface area contributed by atoms with Gasteiger partial charge < -0.3 is 10.1 Å². The van der Waals surface area contributed by atoms with E-state index < -0.39 is 6.61 Å². The summed E-state index contributed by atoms with van der Waals surface area (Å²) >= 11 is 3.28. The molecule has 0 fully saturated rings. The molecule has 2 rings (SSSR count). The molecule has 0 saturated carbocycles. The second-order valence-electron chi connectivity index (χ2n) is 3.86. The highest BCUT2D eigenvalue weighted by molar-refractivity contribution is 9.10. The summed E-state index contributed by atoms with van der Waals surface area (Å²) in [5.41, 5.74) is 1.00. The second kappa shape index (κ2) is 6.47. The van der Waals surface area contributed by atoms with E-state index in [1.165, 1.54) is 24.3 Å². The van der Waals surface area contributed by atoms with Gasteiger partial charge in [-0.05, 0) is 48.5 Å². The first kappa shape index (κ1) is 14.5. The van der Waals surface area contributed by atoms with E-state index in [-0.39, 0.29) is 11.7 Å². The van der Waals surface area contributed by atoms with Gasteiger partial charge in [-0.1, -0.05) is 15.9 Å². The number of nitrogens with one attached hydrogen (secondary N) is 1. The first-order chi connectivity index (χ1) is 9.54. The highest BCUT2D eigenvalue weighted by Gasteiger charge is 2.07. The van der Waals surface area contributed by atoms with Gasteiger partial charge in [-0.2, -0.15) is 8.78 Å². The quantitative estimate of drug-likeness (QED) is 0.900. The number of hydrogen-bond donors (Lipinski definition) is 1. The van der Waals surface area contributed by atoms with Crippen LogP contribution in [0.2, 0.25) is 0 Å². The standard InChI is InChI=1S/C14H10BrF2NO2/c15-10-3-1-9(2-4-10)13(19)18-11-5-7-12(8-6-11)20-14(16)17/h1-8,14H,(H,18,19). The van der Waals surface area contributed by atoms with Crippen molar-refractivity contribution in [1.29, 1.82) is 0 Å². The lowest BCUT2D eigenvalue weighted by molar-refractivity contribution is -0.0498. The van der Waals surface area contributed by atoms with Crippen molar-refractivity contribution < 1.29 is 18.3 Å². The Bertz CT molecular complexity index is 585.